The fraction of sp³-hybridized carbons (Fsp3) is 0.375. The zero-order valence-corrected chi connectivity index (χ0v) is 11.9. The van der Waals surface area contributed by atoms with Gasteiger partial charge in [-0.15, -0.1) is 5.06 Å². The van der Waals surface area contributed by atoms with Gasteiger partial charge in [0.05, 0.1) is 6.54 Å². The zero-order chi connectivity index (χ0) is 14.0. The first-order chi connectivity index (χ1) is 9.88. The van der Waals surface area contributed by atoms with Crippen molar-refractivity contribution in [2.75, 3.05) is 6.54 Å². The van der Waals surface area contributed by atoms with Gasteiger partial charge >= 0.3 is 6.01 Å². The Morgan fingerprint density at radius 3 is 2.45 bits per heavy atom. The van der Waals surface area contributed by atoms with Gasteiger partial charge in [0.2, 0.25) is 0 Å². The van der Waals surface area contributed by atoms with Gasteiger partial charge in [0.25, 0.3) is 0 Å². The fourth-order valence-corrected chi connectivity index (χ4v) is 1.93. The summed E-state index contributed by atoms with van der Waals surface area (Å²) >= 11 is 0. The van der Waals surface area contributed by atoms with Crippen molar-refractivity contribution in [1.82, 2.24) is 15.0 Å². The van der Waals surface area contributed by atoms with Crippen molar-refractivity contribution < 1.29 is 4.84 Å². The maximum absolute atomic E-state index is 5.78. The molecule has 0 aliphatic heterocycles. The number of rotatable bonds is 8. The highest BCUT2D eigenvalue weighted by Crippen LogP contribution is 2.09. The monoisotopic (exact) mass is 271 g/mol. The molecule has 0 spiro atoms. The van der Waals surface area contributed by atoms with Crippen LogP contribution in [-0.4, -0.2) is 21.6 Å². The third kappa shape index (κ3) is 4.97. The molecule has 1 heterocycles. The van der Waals surface area contributed by atoms with E-state index in [1.165, 1.54) is 18.4 Å². The largest absolute Gasteiger partial charge is 0.365 e. The molecule has 1 aromatic heterocycles. The number of hydrogen-bond donors (Lipinski definition) is 0. The molecule has 4 nitrogen and oxygen atoms in total. The molecule has 20 heavy (non-hydrogen) atoms. The lowest BCUT2D eigenvalue weighted by Crippen LogP contribution is -2.29. The summed E-state index contributed by atoms with van der Waals surface area (Å²) in [6.45, 7) is 3.81. The van der Waals surface area contributed by atoms with E-state index in [2.05, 4.69) is 29.0 Å². The molecular formula is C16H21N3O. The van der Waals surface area contributed by atoms with Crippen LogP contribution >= 0.6 is 0 Å². The molecule has 0 bridgehead atoms. The van der Waals surface area contributed by atoms with Crippen LogP contribution in [0.5, 0.6) is 6.01 Å². The second-order valence-electron chi connectivity index (χ2n) is 4.68. The topological polar surface area (TPSA) is 38.2 Å². The van der Waals surface area contributed by atoms with Crippen molar-refractivity contribution >= 4 is 0 Å². The van der Waals surface area contributed by atoms with Crippen molar-refractivity contribution in [3.63, 3.8) is 0 Å². The van der Waals surface area contributed by atoms with Crippen LogP contribution in [0, 0.1) is 0 Å². The lowest BCUT2D eigenvalue weighted by Gasteiger charge is -2.21. The average molecular weight is 271 g/mol. The maximum Gasteiger partial charge on any atom is 0.335 e. The van der Waals surface area contributed by atoms with Crippen LogP contribution < -0.4 is 4.84 Å². The number of hydrogen-bond acceptors (Lipinski definition) is 4. The molecule has 1 aromatic carbocycles. The smallest absolute Gasteiger partial charge is 0.335 e. The van der Waals surface area contributed by atoms with E-state index in [0.29, 0.717) is 6.01 Å². The molecule has 2 rings (SSSR count). The predicted octanol–water partition coefficient (Wildman–Crippen LogP) is 3.46. The molecule has 0 atom stereocenters. The van der Waals surface area contributed by atoms with Gasteiger partial charge in [-0.1, -0.05) is 50.1 Å². The third-order valence-corrected chi connectivity index (χ3v) is 2.97. The van der Waals surface area contributed by atoms with Crippen LogP contribution in [0.1, 0.15) is 31.7 Å². The molecule has 106 valence electrons. The van der Waals surface area contributed by atoms with Gasteiger partial charge in [0.1, 0.15) is 0 Å². The van der Waals surface area contributed by atoms with E-state index >= 15 is 0 Å². The van der Waals surface area contributed by atoms with Crippen LogP contribution in [0.4, 0.5) is 0 Å². The Hall–Kier alpha value is -1.94. The number of benzene rings is 1. The van der Waals surface area contributed by atoms with Crippen molar-refractivity contribution in [2.45, 2.75) is 32.7 Å². The normalized spacial score (nSPS) is 10.7. The van der Waals surface area contributed by atoms with E-state index in [1.807, 2.05) is 23.3 Å². The molecule has 0 saturated heterocycles. The standard InChI is InChI=1S/C16H21N3O/c1-2-3-7-13-19(14-15-9-5-4-6-10-15)20-16-17-11-8-12-18-16/h4-6,8-12H,2-3,7,13-14H2,1H3. The Morgan fingerprint density at radius 2 is 1.75 bits per heavy atom. The summed E-state index contributed by atoms with van der Waals surface area (Å²) in [7, 11) is 0. The Balaban J connectivity index is 1.96. The first-order valence-corrected chi connectivity index (χ1v) is 7.12. The van der Waals surface area contributed by atoms with Crippen molar-refractivity contribution in [3.05, 3.63) is 54.4 Å². The van der Waals surface area contributed by atoms with Gasteiger partial charge in [-0.25, -0.2) is 9.97 Å². The summed E-state index contributed by atoms with van der Waals surface area (Å²) < 4.78 is 0. The summed E-state index contributed by atoms with van der Waals surface area (Å²) in [6, 6.07) is 12.5. The molecule has 4 heteroatoms. The van der Waals surface area contributed by atoms with Gasteiger partial charge in [0, 0.05) is 18.9 Å². The number of aromatic nitrogens is 2. The van der Waals surface area contributed by atoms with E-state index < -0.39 is 0 Å². The van der Waals surface area contributed by atoms with Gasteiger partial charge in [0.15, 0.2) is 0 Å². The summed E-state index contributed by atoms with van der Waals surface area (Å²) in [4.78, 5) is 14.0. The van der Waals surface area contributed by atoms with E-state index in [4.69, 9.17) is 4.84 Å². The van der Waals surface area contributed by atoms with Crippen LogP contribution in [0.3, 0.4) is 0 Å². The highest BCUT2D eigenvalue weighted by molar-refractivity contribution is 5.14. The van der Waals surface area contributed by atoms with Gasteiger partial charge in [-0.3, -0.25) is 0 Å². The lowest BCUT2D eigenvalue weighted by atomic mass is 10.2. The van der Waals surface area contributed by atoms with Crippen molar-refractivity contribution in [3.8, 4) is 6.01 Å². The number of hydroxylamine groups is 2. The molecule has 0 unspecified atom stereocenters. The van der Waals surface area contributed by atoms with Gasteiger partial charge < -0.3 is 4.84 Å². The minimum absolute atomic E-state index is 0.403. The van der Waals surface area contributed by atoms with E-state index in [9.17, 15) is 0 Å². The Bertz CT molecular complexity index is 434. The highest BCUT2D eigenvalue weighted by Gasteiger charge is 2.09. The van der Waals surface area contributed by atoms with Crippen LogP contribution in [-0.2, 0) is 6.54 Å². The summed E-state index contributed by atoms with van der Waals surface area (Å²) in [5.74, 6) is 0. The second kappa shape index (κ2) is 8.27. The minimum atomic E-state index is 0.403. The Kier molecular flexibility index (Phi) is 5.99. The van der Waals surface area contributed by atoms with E-state index in [1.54, 1.807) is 18.5 Å². The first kappa shape index (κ1) is 14.5. The molecule has 0 amide bonds. The van der Waals surface area contributed by atoms with E-state index in [0.717, 1.165) is 19.5 Å². The fourth-order valence-electron chi connectivity index (χ4n) is 1.93. The Labute approximate surface area is 120 Å². The van der Waals surface area contributed by atoms with Crippen molar-refractivity contribution in [1.29, 1.82) is 0 Å². The molecule has 0 radical (unpaired) electrons. The first-order valence-electron chi connectivity index (χ1n) is 7.12. The summed E-state index contributed by atoms with van der Waals surface area (Å²) in [5, 5.41) is 1.93. The zero-order valence-electron chi connectivity index (χ0n) is 11.9. The molecule has 0 N–H and O–H groups in total. The second-order valence-corrected chi connectivity index (χ2v) is 4.68. The van der Waals surface area contributed by atoms with Gasteiger partial charge in [-0.05, 0) is 18.1 Å². The molecule has 0 saturated carbocycles. The molecule has 0 fully saturated rings. The average Bonchev–Trinajstić information content (AvgIpc) is 2.49. The summed E-state index contributed by atoms with van der Waals surface area (Å²) in [5.41, 5.74) is 1.22. The van der Waals surface area contributed by atoms with Crippen LogP contribution in [0.15, 0.2) is 48.8 Å². The van der Waals surface area contributed by atoms with Crippen LogP contribution in [0.25, 0.3) is 0 Å². The van der Waals surface area contributed by atoms with Crippen molar-refractivity contribution in [2.24, 2.45) is 0 Å². The van der Waals surface area contributed by atoms with Crippen LogP contribution in [0.2, 0.25) is 0 Å². The Morgan fingerprint density at radius 1 is 1.00 bits per heavy atom. The lowest BCUT2D eigenvalue weighted by molar-refractivity contribution is -0.0763. The predicted molar refractivity (Wildman–Crippen MR) is 79.0 cm³/mol. The minimum Gasteiger partial charge on any atom is -0.365 e. The quantitative estimate of drug-likeness (QED) is 0.544. The molecule has 0 aliphatic rings. The molecule has 2 aromatic rings. The maximum atomic E-state index is 5.78. The molecular weight excluding hydrogens is 250 g/mol. The summed E-state index contributed by atoms with van der Waals surface area (Å²) in [6.07, 6.45) is 6.88. The van der Waals surface area contributed by atoms with Gasteiger partial charge in [-0.2, -0.15) is 0 Å². The highest BCUT2D eigenvalue weighted by atomic mass is 16.7. The molecule has 0 aliphatic carbocycles. The number of unbranched alkanes of at least 4 members (excludes halogenated alkanes) is 2. The number of nitrogens with zero attached hydrogens (tertiary/aromatic N) is 3. The SMILES string of the molecule is CCCCCN(Cc1ccccc1)Oc1ncccn1. The third-order valence-electron chi connectivity index (χ3n) is 2.97. The van der Waals surface area contributed by atoms with E-state index in [-0.39, 0.29) is 0 Å².